The van der Waals surface area contributed by atoms with Crippen molar-refractivity contribution >= 4 is 17.5 Å². The molecule has 1 aromatic carbocycles. The Bertz CT molecular complexity index is 539. The van der Waals surface area contributed by atoms with Crippen molar-refractivity contribution in [2.75, 3.05) is 18.9 Å². The van der Waals surface area contributed by atoms with E-state index >= 15 is 0 Å². The first-order valence-corrected chi connectivity index (χ1v) is 5.97. The lowest BCUT2D eigenvalue weighted by Gasteiger charge is -2.28. The minimum absolute atomic E-state index is 0.368. The third-order valence-electron chi connectivity index (χ3n) is 2.88. The SMILES string of the molecule is C=CCN(C)C(=O)[C@H]1Oc2ccc(C)cc2NC1=O. The molecule has 1 aromatic rings. The summed E-state index contributed by atoms with van der Waals surface area (Å²) in [7, 11) is 1.60. The van der Waals surface area contributed by atoms with E-state index < -0.39 is 12.0 Å². The molecular weight excluding hydrogens is 244 g/mol. The van der Waals surface area contributed by atoms with Gasteiger partial charge in [-0.2, -0.15) is 0 Å². The molecule has 1 aliphatic rings. The van der Waals surface area contributed by atoms with E-state index in [0.29, 0.717) is 18.0 Å². The fourth-order valence-corrected chi connectivity index (χ4v) is 1.87. The van der Waals surface area contributed by atoms with Crippen LogP contribution in [0.2, 0.25) is 0 Å². The molecule has 2 rings (SSSR count). The van der Waals surface area contributed by atoms with Gasteiger partial charge in [-0.15, -0.1) is 6.58 Å². The number of nitrogens with zero attached hydrogens (tertiary/aromatic N) is 1. The smallest absolute Gasteiger partial charge is 0.275 e. The van der Waals surface area contributed by atoms with Gasteiger partial charge in [-0.1, -0.05) is 12.1 Å². The van der Waals surface area contributed by atoms with Crippen LogP contribution in [0.25, 0.3) is 0 Å². The standard InChI is InChI=1S/C14H16N2O3/c1-4-7-16(3)14(18)12-13(17)15-10-8-9(2)5-6-11(10)19-12/h4-6,8,12H,1,7H2,2-3H3,(H,15,17)/t12-/m0/s1. The lowest BCUT2D eigenvalue weighted by molar-refractivity contribution is -0.143. The molecule has 0 unspecified atom stereocenters. The summed E-state index contributed by atoms with van der Waals surface area (Å²) in [6, 6.07) is 5.42. The molecule has 0 aromatic heterocycles. The summed E-state index contributed by atoms with van der Waals surface area (Å²) in [5.74, 6) is -0.321. The first kappa shape index (κ1) is 13.1. The summed E-state index contributed by atoms with van der Waals surface area (Å²) in [6.07, 6.45) is 0.454. The van der Waals surface area contributed by atoms with Crippen LogP contribution in [-0.2, 0) is 9.59 Å². The Morgan fingerprint density at radius 1 is 1.58 bits per heavy atom. The molecule has 0 radical (unpaired) electrons. The van der Waals surface area contributed by atoms with Crippen molar-refractivity contribution in [1.82, 2.24) is 4.90 Å². The van der Waals surface area contributed by atoms with Crippen LogP contribution in [0.3, 0.4) is 0 Å². The van der Waals surface area contributed by atoms with E-state index in [2.05, 4.69) is 11.9 Å². The van der Waals surface area contributed by atoms with Crippen LogP contribution in [-0.4, -0.2) is 36.4 Å². The minimum Gasteiger partial charge on any atom is -0.468 e. The Morgan fingerprint density at radius 3 is 3.00 bits per heavy atom. The number of hydrogen-bond donors (Lipinski definition) is 1. The number of fused-ring (bicyclic) bond motifs is 1. The Morgan fingerprint density at radius 2 is 2.32 bits per heavy atom. The second-order valence-corrected chi connectivity index (χ2v) is 4.49. The maximum absolute atomic E-state index is 12.1. The maximum atomic E-state index is 12.1. The van der Waals surface area contributed by atoms with E-state index in [1.807, 2.05) is 13.0 Å². The molecule has 100 valence electrons. The van der Waals surface area contributed by atoms with Gasteiger partial charge in [0.05, 0.1) is 5.69 Å². The fourth-order valence-electron chi connectivity index (χ4n) is 1.87. The molecule has 0 fully saturated rings. The van der Waals surface area contributed by atoms with Crippen LogP contribution >= 0.6 is 0 Å². The topological polar surface area (TPSA) is 58.6 Å². The zero-order chi connectivity index (χ0) is 14.0. The Balaban J connectivity index is 2.22. The quantitative estimate of drug-likeness (QED) is 0.659. The molecule has 1 heterocycles. The molecule has 0 saturated heterocycles. The predicted octanol–water partition coefficient (Wildman–Crippen LogP) is 1.34. The number of aryl methyl sites for hydroxylation is 1. The van der Waals surface area contributed by atoms with Gasteiger partial charge in [0, 0.05) is 13.6 Å². The number of ether oxygens (including phenoxy) is 1. The Kier molecular flexibility index (Phi) is 3.55. The second kappa shape index (κ2) is 5.14. The Labute approximate surface area is 111 Å². The minimum atomic E-state index is -1.14. The molecule has 0 saturated carbocycles. The van der Waals surface area contributed by atoms with Gasteiger partial charge in [0.25, 0.3) is 17.9 Å². The third-order valence-corrected chi connectivity index (χ3v) is 2.88. The highest BCUT2D eigenvalue weighted by molar-refractivity contribution is 6.11. The molecule has 0 spiro atoms. The zero-order valence-corrected chi connectivity index (χ0v) is 11.0. The van der Waals surface area contributed by atoms with E-state index in [1.165, 1.54) is 4.90 Å². The van der Waals surface area contributed by atoms with Gasteiger partial charge < -0.3 is 15.0 Å². The van der Waals surface area contributed by atoms with Gasteiger partial charge >= 0.3 is 0 Å². The van der Waals surface area contributed by atoms with Crippen LogP contribution < -0.4 is 10.1 Å². The van der Waals surface area contributed by atoms with Gasteiger partial charge in [0.1, 0.15) is 5.75 Å². The van der Waals surface area contributed by atoms with Crippen LogP contribution in [0.5, 0.6) is 5.75 Å². The van der Waals surface area contributed by atoms with Gasteiger partial charge in [-0.05, 0) is 24.6 Å². The molecular formula is C14H16N2O3. The van der Waals surface area contributed by atoms with E-state index in [4.69, 9.17) is 4.74 Å². The number of rotatable bonds is 3. The zero-order valence-electron chi connectivity index (χ0n) is 11.0. The average Bonchev–Trinajstić information content (AvgIpc) is 2.37. The summed E-state index contributed by atoms with van der Waals surface area (Å²) in [6.45, 7) is 5.84. The number of anilines is 1. The average molecular weight is 260 g/mol. The maximum Gasteiger partial charge on any atom is 0.275 e. The van der Waals surface area contributed by atoms with Gasteiger partial charge in [-0.25, -0.2) is 0 Å². The molecule has 1 aliphatic heterocycles. The van der Waals surface area contributed by atoms with Crippen LogP contribution in [0, 0.1) is 6.92 Å². The number of carbonyl (C=O) groups excluding carboxylic acids is 2. The van der Waals surface area contributed by atoms with E-state index in [1.54, 1.807) is 25.3 Å². The third kappa shape index (κ3) is 2.59. The first-order chi connectivity index (χ1) is 9.02. The summed E-state index contributed by atoms with van der Waals surface area (Å²) < 4.78 is 5.49. The van der Waals surface area contributed by atoms with E-state index in [9.17, 15) is 9.59 Å². The first-order valence-electron chi connectivity index (χ1n) is 5.97. The van der Waals surface area contributed by atoms with Crippen molar-refractivity contribution in [3.63, 3.8) is 0 Å². The highest BCUT2D eigenvalue weighted by Crippen LogP contribution is 2.30. The van der Waals surface area contributed by atoms with Crippen molar-refractivity contribution < 1.29 is 14.3 Å². The van der Waals surface area contributed by atoms with Gasteiger partial charge in [0.15, 0.2) is 0 Å². The van der Waals surface area contributed by atoms with E-state index in [0.717, 1.165) is 5.56 Å². The van der Waals surface area contributed by atoms with Crippen LogP contribution in [0.4, 0.5) is 5.69 Å². The van der Waals surface area contributed by atoms with Crippen LogP contribution in [0.15, 0.2) is 30.9 Å². The largest absolute Gasteiger partial charge is 0.468 e. The van der Waals surface area contributed by atoms with E-state index in [-0.39, 0.29) is 5.91 Å². The highest BCUT2D eigenvalue weighted by Gasteiger charge is 2.35. The molecule has 0 bridgehead atoms. The number of benzene rings is 1. The number of nitrogens with one attached hydrogen (secondary N) is 1. The molecule has 5 nitrogen and oxygen atoms in total. The highest BCUT2D eigenvalue weighted by atomic mass is 16.5. The Hall–Kier alpha value is -2.30. The normalized spacial score (nSPS) is 16.9. The monoisotopic (exact) mass is 260 g/mol. The summed E-state index contributed by atoms with van der Waals surface area (Å²) in [4.78, 5) is 25.4. The number of likely N-dealkylation sites (N-methyl/N-ethyl adjacent to an activating group) is 1. The molecule has 1 atom stereocenters. The lowest BCUT2D eigenvalue weighted by atomic mass is 10.1. The van der Waals surface area contributed by atoms with Crippen molar-refractivity contribution in [1.29, 1.82) is 0 Å². The molecule has 2 amide bonds. The van der Waals surface area contributed by atoms with Gasteiger partial charge in [-0.3, -0.25) is 9.59 Å². The predicted molar refractivity (Wildman–Crippen MR) is 72.1 cm³/mol. The molecule has 5 heteroatoms. The molecule has 0 aliphatic carbocycles. The molecule has 19 heavy (non-hydrogen) atoms. The second-order valence-electron chi connectivity index (χ2n) is 4.49. The van der Waals surface area contributed by atoms with Crippen molar-refractivity contribution in [3.05, 3.63) is 36.4 Å². The fraction of sp³-hybridized carbons (Fsp3) is 0.286. The van der Waals surface area contributed by atoms with Crippen molar-refractivity contribution in [2.45, 2.75) is 13.0 Å². The number of amides is 2. The lowest BCUT2D eigenvalue weighted by Crippen LogP contribution is -2.49. The van der Waals surface area contributed by atoms with Crippen LogP contribution in [0.1, 0.15) is 5.56 Å². The number of carbonyl (C=O) groups is 2. The van der Waals surface area contributed by atoms with Crippen molar-refractivity contribution in [3.8, 4) is 5.75 Å². The summed E-state index contributed by atoms with van der Waals surface area (Å²) in [5, 5.41) is 2.69. The molecule has 1 N–H and O–H groups in total. The number of hydrogen-bond acceptors (Lipinski definition) is 3. The summed E-state index contributed by atoms with van der Waals surface area (Å²) >= 11 is 0. The van der Waals surface area contributed by atoms with Gasteiger partial charge in [0.2, 0.25) is 0 Å². The summed E-state index contributed by atoms with van der Waals surface area (Å²) in [5.41, 5.74) is 1.61. The van der Waals surface area contributed by atoms with Crippen molar-refractivity contribution in [2.24, 2.45) is 0 Å².